The molecule has 1 heterocycles. The second-order valence-corrected chi connectivity index (χ2v) is 7.46. The van der Waals surface area contributed by atoms with Gasteiger partial charge in [0.15, 0.2) is 5.81 Å². The van der Waals surface area contributed by atoms with Gasteiger partial charge in [-0.2, -0.15) is 0 Å². The lowest BCUT2D eigenvalue weighted by Crippen LogP contribution is -2.44. The number of carbonyl (C=O) groups excluding carboxylic acids is 2. The fourth-order valence-electron chi connectivity index (χ4n) is 3.32. The fraction of sp³-hybridized carbons (Fsp3) is 0.300. The van der Waals surface area contributed by atoms with Crippen LogP contribution in [-0.4, -0.2) is 37.5 Å². The third-order valence-corrected chi connectivity index (χ3v) is 5.44. The molecule has 0 spiro atoms. The number of hydrogen-bond donors (Lipinski definition) is 0. The molecule has 2 aromatic rings. The highest BCUT2D eigenvalue weighted by molar-refractivity contribution is 9.10. The van der Waals surface area contributed by atoms with Crippen molar-refractivity contribution in [2.75, 3.05) is 18.0 Å². The molecule has 0 bridgehead atoms. The number of halogens is 2. The Kier molecular flexibility index (Phi) is 6.32. The number of hydrogen-bond acceptors (Lipinski definition) is 2. The van der Waals surface area contributed by atoms with Crippen LogP contribution in [0, 0.1) is 11.7 Å². The zero-order valence-electron chi connectivity index (χ0n) is 14.8. The number of piperidine rings is 1. The van der Waals surface area contributed by atoms with Gasteiger partial charge in [-0.3, -0.25) is 9.59 Å². The van der Waals surface area contributed by atoms with Crippen molar-refractivity contribution in [2.24, 2.45) is 5.92 Å². The molecule has 1 fully saturated rings. The summed E-state index contributed by atoms with van der Waals surface area (Å²) in [5, 5.41) is 0. The van der Waals surface area contributed by atoms with Crippen LogP contribution in [0.4, 0.5) is 14.9 Å². The second kappa shape index (κ2) is 8.70. The zero-order chi connectivity index (χ0) is 19.4. The van der Waals surface area contributed by atoms with Gasteiger partial charge in [0, 0.05) is 23.5 Å². The molecule has 0 saturated carbocycles. The standard InChI is InChI=1S/C20H19BBrFN2O2/c21-20(27)24-10-8-15(9-11-24)19(26)25(13-14-4-2-1-3-5-14)18-7-6-16(23)12-17(18)22/h1-7,12,15H,8-11,13H2. The zero-order valence-corrected chi connectivity index (χ0v) is 16.4. The first kappa shape index (κ1) is 19.6. The highest BCUT2D eigenvalue weighted by Crippen LogP contribution is 2.31. The lowest BCUT2D eigenvalue weighted by molar-refractivity contribution is -0.123. The van der Waals surface area contributed by atoms with Gasteiger partial charge in [0.05, 0.1) is 12.2 Å². The van der Waals surface area contributed by atoms with Crippen LogP contribution in [0.3, 0.4) is 0 Å². The van der Waals surface area contributed by atoms with Gasteiger partial charge in [-0.15, -0.1) is 0 Å². The van der Waals surface area contributed by atoms with E-state index in [2.05, 4.69) is 15.9 Å². The van der Waals surface area contributed by atoms with Gasteiger partial charge in [-0.05, 0) is 52.5 Å². The molecule has 7 heteroatoms. The van der Waals surface area contributed by atoms with Crippen molar-refractivity contribution in [1.82, 2.24) is 4.90 Å². The molecule has 3 rings (SSSR count). The van der Waals surface area contributed by atoms with E-state index in [4.69, 9.17) is 7.85 Å². The van der Waals surface area contributed by atoms with E-state index in [1.165, 1.54) is 12.1 Å². The van der Waals surface area contributed by atoms with Crippen LogP contribution in [0.25, 0.3) is 0 Å². The van der Waals surface area contributed by atoms with E-state index >= 15 is 0 Å². The average molecular weight is 429 g/mol. The van der Waals surface area contributed by atoms with Crippen LogP contribution in [0.1, 0.15) is 18.4 Å². The maximum Gasteiger partial charge on any atom is 0.230 e. The summed E-state index contributed by atoms with van der Waals surface area (Å²) in [4.78, 5) is 27.8. The predicted octanol–water partition coefficient (Wildman–Crippen LogP) is 4.12. The van der Waals surface area contributed by atoms with Gasteiger partial charge < -0.3 is 9.80 Å². The Morgan fingerprint density at radius 2 is 1.81 bits per heavy atom. The van der Waals surface area contributed by atoms with E-state index in [9.17, 15) is 14.0 Å². The van der Waals surface area contributed by atoms with Gasteiger partial charge in [-0.1, -0.05) is 30.3 Å². The highest BCUT2D eigenvalue weighted by Gasteiger charge is 2.30. The Morgan fingerprint density at radius 1 is 1.15 bits per heavy atom. The Morgan fingerprint density at radius 3 is 2.41 bits per heavy atom. The van der Waals surface area contributed by atoms with Crippen LogP contribution in [0.2, 0.25) is 0 Å². The summed E-state index contributed by atoms with van der Waals surface area (Å²) in [6, 6.07) is 14.0. The van der Waals surface area contributed by atoms with Gasteiger partial charge in [0.25, 0.3) is 0 Å². The normalized spacial score (nSPS) is 14.8. The maximum atomic E-state index is 13.5. The molecule has 0 unspecified atom stereocenters. The van der Waals surface area contributed by atoms with Crippen LogP contribution in [0.5, 0.6) is 0 Å². The largest absolute Gasteiger partial charge is 0.352 e. The molecule has 0 atom stereocenters. The van der Waals surface area contributed by atoms with E-state index in [1.54, 1.807) is 15.9 Å². The van der Waals surface area contributed by atoms with Crippen molar-refractivity contribution < 1.29 is 14.0 Å². The minimum absolute atomic E-state index is 0.0321. The summed E-state index contributed by atoms with van der Waals surface area (Å²) in [6.45, 7) is 1.32. The summed E-state index contributed by atoms with van der Waals surface area (Å²) < 4.78 is 14.1. The van der Waals surface area contributed by atoms with Crippen molar-refractivity contribution in [2.45, 2.75) is 19.4 Å². The lowest BCUT2D eigenvalue weighted by atomic mass is 9.93. The van der Waals surface area contributed by atoms with Crippen LogP contribution in [-0.2, 0) is 11.3 Å². The molecule has 0 aliphatic carbocycles. The Hall–Kier alpha value is -2.15. The molecule has 2 aromatic carbocycles. The van der Waals surface area contributed by atoms with Gasteiger partial charge in [-0.25, -0.2) is 4.39 Å². The summed E-state index contributed by atoms with van der Waals surface area (Å²) in [7, 11) is 5.33. The number of benzene rings is 2. The third-order valence-electron chi connectivity index (χ3n) is 4.81. The van der Waals surface area contributed by atoms with Crippen LogP contribution < -0.4 is 4.90 Å². The number of carbonyl (C=O) groups is 2. The molecular weight excluding hydrogens is 410 g/mol. The first-order chi connectivity index (χ1) is 13.0. The first-order valence-corrected chi connectivity index (χ1v) is 9.59. The van der Waals surface area contributed by atoms with Gasteiger partial charge in [0.1, 0.15) is 5.82 Å². The summed E-state index contributed by atoms with van der Waals surface area (Å²) in [6.07, 6.45) is 1.12. The molecule has 0 aromatic heterocycles. The minimum atomic E-state index is -0.455. The molecule has 27 heavy (non-hydrogen) atoms. The van der Waals surface area contributed by atoms with Crippen molar-refractivity contribution >= 4 is 41.2 Å². The summed E-state index contributed by atoms with van der Waals surface area (Å²) >= 11 is 3.38. The Labute approximate surface area is 167 Å². The highest BCUT2D eigenvalue weighted by atomic mass is 79.9. The average Bonchev–Trinajstić information content (AvgIpc) is 2.67. The smallest absolute Gasteiger partial charge is 0.230 e. The Balaban J connectivity index is 1.85. The quantitative estimate of drug-likeness (QED) is 0.687. The molecule has 1 aliphatic heterocycles. The van der Waals surface area contributed by atoms with E-state index in [0.717, 1.165) is 5.56 Å². The van der Waals surface area contributed by atoms with E-state index < -0.39 is 5.81 Å². The number of likely N-dealkylation sites (tertiary alicyclic amines) is 1. The van der Waals surface area contributed by atoms with Crippen LogP contribution >= 0.6 is 15.9 Å². The number of rotatable bonds is 4. The third kappa shape index (κ3) is 4.77. The van der Waals surface area contributed by atoms with E-state index in [0.29, 0.717) is 42.6 Å². The molecule has 1 saturated heterocycles. The maximum absolute atomic E-state index is 13.5. The molecule has 4 nitrogen and oxygen atoms in total. The Bertz CT molecular complexity index is 826. The molecule has 1 aliphatic rings. The SMILES string of the molecule is [B]C(=O)N1CCC(C(=O)N(Cc2ccccc2)c2ccc(F)cc2Br)CC1. The lowest BCUT2D eigenvalue weighted by Gasteiger charge is -2.34. The predicted molar refractivity (Wildman–Crippen MR) is 107 cm³/mol. The molecule has 138 valence electrons. The van der Waals surface area contributed by atoms with Crippen molar-refractivity contribution in [3.63, 3.8) is 0 Å². The number of anilines is 1. The molecular formula is C20H19BBrFN2O2. The molecule has 2 amide bonds. The van der Waals surface area contributed by atoms with E-state index in [-0.39, 0.29) is 17.6 Å². The van der Waals surface area contributed by atoms with Crippen molar-refractivity contribution in [3.8, 4) is 0 Å². The second-order valence-electron chi connectivity index (χ2n) is 6.61. The summed E-state index contributed by atoms with van der Waals surface area (Å²) in [5.41, 5.74) is 1.61. The fourth-order valence-corrected chi connectivity index (χ4v) is 3.88. The first-order valence-electron chi connectivity index (χ1n) is 8.80. The number of nitrogens with zero attached hydrogens (tertiary/aromatic N) is 2. The minimum Gasteiger partial charge on any atom is -0.352 e. The van der Waals surface area contributed by atoms with Crippen molar-refractivity contribution in [1.29, 1.82) is 0 Å². The monoisotopic (exact) mass is 428 g/mol. The number of amides is 2. The van der Waals surface area contributed by atoms with Crippen molar-refractivity contribution in [3.05, 3.63) is 64.4 Å². The summed E-state index contributed by atoms with van der Waals surface area (Å²) in [5.74, 6) is -1.06. The van der Waals surface area contributed by atoms with Crippen LogP contribution in [0.15, 0.2) is 53.0 Å². The molecule has 0 N–H and O–H groups in total. The molecule has 2 radical (unpaired) electrons. The van der Waals surface area contributed by atoms with E-state index in [1.807, 2.05) is 30.3 Å². The topological polar surface area (TPSA) is 40.6 Å². The van der Waals surface area contributed by atoms with Gasteiger partial charge >= 0.3 is 0 Å². The van der Waals surface area contributed by atoms with Gasteiger partial charge in [0.2, 0.25) is 13.8 Å².